The van der Waals surface area contributed by atoms with Crippen molar-refractivity contribution in [2.75, 3.05) is 11.4 Å². The maximum atomic E-state index is 13.0. The molecule has 0 bridgehead atoms. The highest BCUT2D eigenvalue weighted by Crippen LogP contribution is 2.29. The first-order valence-corrected chi connectivity index (χ1v) is 8.16. The molecule has 1 aromatic heterocycles. The van der Waals surface area contributed by atoms with Crippen LogP contribution in [0.15, 0.2) is 59.0 Å². The van der Waals surface area contributed by atoms with Gasteiger partial charge in [0.2, 0.25) is 5.89 Å². The number of fused-ring (bicyclic) bond motifs is 1. The van der Waals surface area contributed by atoms with Crippen molar-refractivity contribution in [2.45, 2.75) is 19.8 Å². The third kappa shape index (κ3) is 2.50. The molecule has 4 nitrogen and oxygen atoms in total. The molecular weight excluding hydrogens is 300 g/mol. The van der Waals surface area contributed by atoms with Crippen LogP contribution in [0.4, 0.5) is 5.69 Å². The van der Waals surface area contributed by atoms with Crippen LogP contribution in [0.3, 0.4) is 0 Å². The number of aromatic nitrogens is 1. The third-order valence-electron chi connectivity index (χ3n) is 4.38. The maximum Gasteiger partial charge on any atom is 0.280 e. The van der Waals surface area contributed by atoms with Crippen molar-refractivity contribution < 1.29 is 9.21 Å². The zero-order valence-electron chi connectivity index (χ0n) is 13.5. The van der Waals surface area contributed by atoms with E-state index in [0.717, 1.165) is 24.1 Å². The van der Waals surface area contributed by atoms with E-state index in [1.165, 1.54) is 5.56 Å². The lowest BCUT2D eigenvalue weighted by Gasteiger charge is -2.28. The average molecular weight is 318 g/mol. The summed E-state index contributed by atoms with van der Waals surface area (Å²) in [5.74, 6) is 0.953. The lowest BCUT2D eigenvalue weighted by molar-refractivity contribution is 0.0979. The lowest BCUT2D eigenvalue weighted by atomic mass is 10.0. The fourth-order valence-corrected chi connectivity index (χ4v) is 3.17. The molecule has 4 rings (SSSR count). The summed E-state index contributed by atoms with van der Waals surface area (Å²) in [5, 5.41) is 0. The minimum absolute atomic E-state index is 0.0921. The van der Waals surface area contributed by atoms with Crippen LogP contribution in [0.1, 0.15) is 28.2 Å². The van der Waals surface area contributed by atoms with E-state index in [1.54, 1.807) is 6.92 Å². The number of hydrogen-bond acceptors (Lipinski definition) is 3. The van der Waals surface area contributed by atoms with Crippen LogP contribution in [0, 0.1) is 6.92 Å². The van der Waals surface area contributed by atoms with Gasteiger partial charge in [-0.3, -0.25) is 4.79 Å². The number of anilines is 1. The minimum Gasteiger partial charge on any atom is -0.441 e. The molecule has 0 unspecified atom stereocenters. The van der Waals surface area contributed by atoms with E-state index >= 15 is 0 Å². The number of carbonyl (C=O) groups is 1. The first-order chi connectivity index (χ1) is 11.7. The maximum absolute atomic E-state index is 13.0. The first-order valence-electron chi connectivity index (χ1n) is 8.16. The molecule has 0 fully saturated rings. The number of aryl methyl sites for hydroxylation is 2. The number of para-hydroxylation sites is 1. The van der Waals surface area contributed by atoms with E-state index in [9.17, 15) is 4.79 Å². The van der Waals surface area contributed by atoms with Gasteiger partial charge in [-0.05, 0) is 43.5 Å². The zero-order chi connectivity index (χ0) is 16.5. The number of hydrogen-bond donors (Lipinski definition) is 0. The van der Waals surface area contributed by atoms with Gasteiger partial charge in [0.1, 0.15) is 5.76 Å². The number of nitrogens with zero attached hydrogens (tertiary/aromatic N) is 2. The summed E-state index contributed by atoms with van der Waals surface area (Å²) in [6, 6.07) is 17.7. The predicted octanol–water partition coefficient (Wildman–Crippen LogP) is 4.24. The van der Waals surface area contributed by atoms with Crippen LogP contribution in [-0.2, 0) is 6.42 Å². The third-order valence-corrected chi connectivity index (χ3v) is 4.38. The van der Waals surface area contributed by atoms with E-state index < -0.39 is 0 Å². The fraction of sp³-hybridized carbons (Fsp3) is 0.200. The number of rotatable bonds is 2. The SMILES string of the molecule is Cc1oc(-c2ccccc2)nc1C(=O)N1CCCc2ccccc21. The molecule has 1 aliphatic rings. The quantitative estimate of drug-likeness (QED) is 0.710. The number of carbonyl (C=O) groups excluding carboxylic acids is 1. The summed E-state index contributed by atoms with van der Waals surface area (Å²) in [7, 11) is 0. The molecule has 4 heteroatoms. The van der Waals surface area contributed by atoms with Gasteiger partial charge < -0.3 is 9.32 Å². The van der Waals surface area contributed by atoms with Crippen molar-refractivity contribution in [3.63, 3.8) is 0 Å². The van der Waals surface area contributed by atoms with Crippen LogP contribution in [0.25, 0.3) is 11.5 Å². The Morgan fingerprint density at radius 3 is 2.67 bits per heavy atom. The lowest BCUT2D eigenvalue weighted by Crippen LogP contribution is -2.36. The summed E-state index contributed by atoms with van der Waals surface area (Å²) in [4.78, 5) is 19.3. The van der Waals surface area contributed by atoms with Crippen molar-refractivity contribution in [1.82, 2.24) is 4.98 Å². The second-order valence-corrected chi connectivity index (χ2v) is 5.98. The molecule has 120 valence electrons. The first kappa shape index (κ1) is 14.7. The van der Waals surface area contributed by atoms with Gasteiger partial charge in [0, 0.05) is 17.8 Å². The van der Waals surface area contributed by atoms with Crippen LogP contribution < -0.4 is 4.90 Å². The summed E-state index contributed by atoms with van der Waals surface area (Å²) in [6.45, 7) is 2.51. The molecule has 1 amide bonds. The standard InChI is InChI=1S/C20H18N2O2/c1-14-18(21-19(24-14)16-9-3-2-4-10-16)20(23)22-13-7-11-15-8-5-6-12-17(15)22/h2-6,8-10,12H,7,11,13H2,1H3. The molecule has 0 radical (unpaired) electrons. The average Bonchev–Trinajstić information content (AvgIpc) is 3.03. The van der Waals surface area contributed by atoms with E-state index in [2.05, 4.69) is 11.1 Å². The minimum atomic E-state index is -0.0921. The van der Waals surface area contributed by atoms with Crippen LogP contribution >= 0.6 is 0 Å². The van der Waals surface area contributed by atoms with Crippen molar-refractivity contribution in [3.05, 3.63) is 71.6 Å². The highest BCUT2D eigenvalue weighted by atomic mass is 16.4. The molecule has 0 saturated heterocycles. The second-order valence-electron chi connectivity index (χ2n) is 5.98. The Labute approximate surface area is 140 Å². The van der Waals surface area contributed by atoms with Gasteiger partial charge in [-0.1, -0.05) is 36.4 Å². The largest absolute Gasteiger partial charge is 0.441 e. The highest BCUT2D eigenvalue weighted by Gasteiger charge is 2.27. The Kier molecular flexibility index (Phi) is 3.65. The van der Waals surface area contributed by atoms with Gasteiger partial charge in [0.05, 0.1) is 0 Å². The molecule has 2 aromatic carbocycles. The van der Waals surface area contributed by atoms with Gasteiger partial charge in [0.15, 0.2) is 5.69 Å². The van der Waals surface area contributed by atoms with Crippen molar-refractivity contribution in [2.24, 2.45) is 0 Å². The van der Waals surface area contributed by atoms with E-state index in [-0.39, 0.29) is 5.91 Å². The molecule has 0 N–H and O–H groups in total. The van der Waals surface area contributed by atoms with Crippen LogP contribution in [0.5, 0.6) is 0 Å². The zero-order valence-corrected chi connectivity index (χ0v) is 13.5. The fourth-order valence-electron chi connectivity index (χ4n) is 3.17. The highest BCUT2D eigenvalue weighted by molar-refractivity contribution is 6.06. The molecule has 0 atom stereocenters. The summed E-state index contributed by atoms with van der Waals surface area (Å²) in [6.07, 6.45) is 1.97. The van der Waals surface area contributed by atoms with Gasteiger partial charge in [-0.15, -0.1) is 0 Å². The Hall–Kier alpha value is -2.88. The second kappa shape index (κ2) is 5.96. The van der Waals surface area contributed by atoms with Crippen molar-refractivity contribution in [1.29, 1.82) is 0 Å². The van der Waals surface area contributed by atoms with Crippen LogP contribution in [-0.4, -0.2) is 17.4 Å². The molecule has 2 heterocycles. The van der Waals surface area contributed by atoms with E-state index in [4.69, 9.17) is 4.42 Å². The topological polar surface area (TPSA) is 46.3 Å². The number of benzene rings is 2. The Morgan fingerprint density at radius 1 is 1.08 bits per heavy atom. The molecule has 0 aliphatic carbocycles. The molecule has 3 aromatic rings. The van der Waals surface area contributed by atoms with Gasteiger partial charge in [-0.25, -0.2) is 4.98 Å². The van der Waals surface area contributed by atoms with E-state index in [1.807, 2.05) is 53.4 Å². The Morgan fingerprint density at radius 2 is 1.83 bits per heavy atom. The smallest absolute Gasteiger partial charge is 0.280 e. The van der Waals surface area contributed by atoms with Gasteiger partial charge >= 0.3 is 0 Å². The monoisotopic (exact) mass is 318 g/mol. The molecule has 1 aliphatic heterocycles. The Balaban J connectivity index is 1.70. The summed E-state index contributed by atoms with van der Waals surface area (Å²) >= 11 is 0. The van der Waals surface area contributed by atoms with Gasteiger partial charge in [-0.2, -0.15) is 0 Å². The molecule has 24 heavy (non-hydrogen) atoms. The van der Waals surface area contributed by atoms with E-state index in [0.29, 0.717) is 23.9 Å². The Bertz CT molecular complexity index is 884. The van der Waals surface area contributed by atoms with Crippen molar-refractivity contribution >= 4 is 11.6 Å². The molecular formula is C20H18N2O2. The predicted molar refractivity (Wildman–Crippen MR) is 93.1 cm³/mol. The molecule has 0 spiro atoms. The number of amides is 1. The normalized spacial score (nSPS) is 13.6. The van der Waals surface area contributed by atoms with Crippen LogP contribution in [0.2, 0.25) is 0 Å². The summed E-state index contributed by atoms with van der Waals surface area (Å²) in [5.41, 5.74) is 3.46. The summed E-state index contributed by atoms with van der Waals surface area (Å²) < 4.78 is 5.74. The van der Waals surface area contributed by atoms with Crippen molar-refractivity contribution in [3.8, 4) is 11.5 Å². The van der Waals surface area contributed by atoms with Gasteiger partial charge in [0.25, 0.3) is 5.91 Å². The number of oxazole rings is 1. The molecule has 0 saturated carbocycles.